The van der Waals surface area contributed by atoms with Crippen LogP contribution >= 0.6 is 11.8 Å². The van der Waals surface area contributed by atoms with Crippen molar-refractivity contribution in [2.45, 2.75) is 24.5 Å². The SMILES string of the molecule is COC(SC(C)C)c1ccccc1[C]=O. The molecule has 0 fully saturated rings. The highest BCUT2D eigenvalue weighted by molar-refractivity contribution is 7.99. The van der Waals surface area contributed by atoms with Crippen molar-refractivity contribution in [1.29, 1.82) is 0 Å². The minimum atomic E-state index is -0.0948. The summed E-state index contributed by atoms with van der Waals surface area (Å²) >= 11 is 1.68. The Bertz CT molecular complexity index is 323. The summed E-state index contributed by atoms with van der Waals surface area (Å²) in [5, 5.41) is 0.453. The summed E-state index contributed by atoms with van der Waals surface area (Å²) in [6, 6.07) is 7.40. The molecular weight excluding hydrogens is 208 g/mol. The van der Waals surface area contributed by atoms with Gasteiger partial charge in [0.1, 0.15) is 5.44 Å². The highest BCUT2D eigenvalue weighted by Crippen LogP contribution is 2.33. The first-order valence-electron chi connectivity index (χ1n) is 4.84. The second kappa shape index (κ2) is 5.93. The van der Waals surface area contributed by atoms with Gasteiger partial charge >= 0.3 is 0 Å². The van der Waals surface area contributed by atoms with Crippen LogP contribution in [0.5, 0.6) is 0 Å². The first-order chi connectivity index (χ1) is 7.19. The average Bonchev–Trinajstić information content (AvgIpc) is 2.25. The molecule has 1 rings (SSSR count). The van der Waals surface area contributed by atoms with Gasteiger partial charge in [-0.2, -0.15) is 0 Å². The molecule has 0 amide bonds. The molecule has 2 nitrogen and oxygen atoms in total. The zero-order valence-corrected chi connectivity index (χ0v) is 10.0. The molecular formula is C12H15O2S. The van der Waals surface area contributed by atoms with E-state index in [0.29, 0.717) is 10.8 Å². The van der Waals surface area contributed by atoms with E-state index >= 15 is 0 Å². The van der Waals surface area contributed by atoms with Crippen LogP contribution in [0, 0.1) is 0 Å². The molecule has 3 heteroatoms. The van der Waals surface area contributed by atoms with E-state index in [2.05, 4.69) is 13.8 Å². The van der Waals surface area contributed by atoms with Crippen LogP contribution in [0.4, 0.5) is 0 Å². The summed E-state index contributed by atoms with van der Waals surface area (Å²) in [6.45, 7) is 4.20. The monoisotopic (exact) mass is 223 g/mol. The zero-order chi connectivity index (χ0) is 11.3. The van der Waals surface area contributed by atoms with Crippen LogP contribution in [-0.2, 0) is 9.53 Å². The summed E-state index contributed by atoms with van der Waals surface area (Å²) < 4.78 is 5.37. The van der Waals surface area contributed by atoms with Crippen LogP contribution in [-0.4, -0.2) is 18.6 Å². The van der Waals surface area contributed by atoms with Gasteiger partial charge in [0.05, 0.1) is 0 Å². The van der Waals surface area contributed by atoms with Gasteiger partial charge in [-0.25, -0.2) is 0 Å². The van der Waals surface area contributed by atoms with Crippen molar-refractivity contribution < 1.29 is 9.53 Å². The average molecular weight is 223 g/mol. The van der Waals surface area contributed by atoms with Crippen molar-refractivity contribution in [3.8, 4) is 0 Å². The molecule has 1 radical (unpaired) electrons. The number of ether oxygens (including phenoxy) is 1. The second-order valence-electron chi connectivity index (χ2n) is 3.44. The molecule has 1 aromatic rings. The third kappa shape index (κ3) is 3.36. The van der Waals surface area contributed by atoms with Gasteiger partial charge in [0.15, 0.2) is 0 Å². The largest absolute Gasteiger partial charge is 0.366 e. The fourth-order valence-corrected chi connectivity index (χ4v) is 2.26. The fourth-order valence-electron chi connectivity index (χ4n) is 1.30. The second-order valence-corrected chi connectivity index (χ2v) is 5.08. The van der Waals surface area contributed by atoms with E-state index in [1.165, 1.54) is 0 Å². The Kier molecular flexibility index (Phi) is 4.85. The van der Waals surface area contributed by atoms with Crippen LogP contribution in [0.1, 0.15) is 30.4 Å². The molecule has 0 heterocycles. The molecule has 81 valence electrons. The number of hydrogen-bond donors (Lipinski definition) is 0. The maximum Gasteiger partial charge on any atom is 0.233 e. The van der Waals surface area contributed by atoms with Gasteiger partial charge in [0, 0.05) is 23.5 Å². The smallest absolute Gasteiger partial charge is 0.233 e. The molecule has 0 saturated carbocycles. The fraction of sp³-hybridized carbons (Fsp3) is 0.417. The lowest BCUT2D eigenvalue weighted by atomic mass is 10.1. The van der Waals surface area contributed by atoms with Crippen molar-refractivity contribution in [2.75, 3.05) is 7.11 Å². The van der Waals surface area contributed by atoms with E-state index in [1.54, 1.807) is 24.9 Å². The molecule has 0 bridgehead atoms. The Balaban J connectivity index is 2.95. The molecule has 0 saturated heterocycles. The Morgan fingerprint density at radius 3 is 2.53 bits per heavy atom. The number of rotatable bonds is 5. The Labute approximate surface area is 95.0 Å². The summed E-state index contributed by atoms with van der Waals surface area (Å²) in [5.41, 5.74) is 1.38. The van der Waals surface area contributed by atoms with Gasteiger partial charge in [-0.05, 0) is 0 Å². The van der Waals surface area contributed by atoms with Crippen molar-refractivity contribution in [3.05, 3.63) is 35.4 Å². The third-order valence-electron chi connectivity index (χ3n) is 1.93. The minimum absolute atomic E-state index is 0.0948. The lowest BCUT2D eigenvalue weighted by Gasteiger charge is -2.18. The maximum atomic E-state index is 10.7. The first-order valence-corrected chi connectivity index (χ1v) is 5.78. The molecule has 0 N–H and O–H groups in total. The standard InChI is InChI=1S/C12H15O2S/c1-9(2)15-12(14-3)11-7-5-4-6-10(11)8-13/h4-7,9,12H,1-3H3. The van der Waals surface area contributed by atoms with E-state index in [1.807, 2.05) is 24.5 Å². The topological polar surface area (TPSA) is 26.3 Å². The number of carbonyl (C=O) groups excluding carboxylic acids is 1. The number of hydrogen-bond acceptors (Lipinski definition) is 3. The maximum absolute atomic E-state index is 10.7. The third-order valence-corrected chi connectivity index (χ3v) is 3.17. The normalized spacial score (nSPS) is 12.8. The van der Waals surface area contributed by atoms with Crippen LogP contribution in [0.3, 0.4) is 0 Å². The lowest BCUT2D eigenvalue weighted by Crippen LogP contribution is -2.04. The summed E-state index contributed by atoms with van der Waals surface area (Å²) in [6.07, 6.45) is 1.94. The van der Waals surface area contributed by atoms with Gasteiger partial charge in [0.2, 0.25) is 6.29 Å². The van der Waals surface area contributed by atoms with Crippen molar-refractivity contribution in [2.24, 2.45) is 0 Å². The number of benzene rings is 1. The van der Waals surface area contributed by atoms with E-state index in [0.717, 1.165) is 5.56 Å². The molecule has 0 aliphatic rings. The van der Waals surface area contributed by atoms with E-state index in [-0.39, 0.29) is 5.44 Å². The molecule has 0 aliphatic heterocycles. The van der Waals surface area contributed by atoms with Gasteiger partial charge in [-0.15, -0.1) is 11.8 Å². The molecule has 0 aromatic heterocycles. The van der Waals surface area contributed by atoms with E-state index < -0.39 is 0 Å². The Hall–Kier alpha value is -0.800. The van der Waals surface area contributed by atoms with Gasteiger partial charge in [-0.1, -0.05) is 38.1 Å². The summed E-state index contributed by atoms with van der Waals surface area (Å²) in [4.78, 5) is 10.7. The zero-order valence-electron chi connectivity index (χ0n) is 9.19. The molecule has 0 aliphatic carbocycles. The quantitative estimate of drug-likeness (QED) is 0.718. The van der Waals surface area contributed by atoms with Crippen LogP contribution < -0.4 is 0 Å². The predicted octanol–water partition coefficient (Wildman–Crippen LogP) is 2.93. The molecule has 1 aromatic carbocycles. The van der Waals surface area contributed by atoms with Crippen molar-refractivity contribution >= 4 is 18.0 Å². The lowest BCUT2D eigenvalue weighted by molar-refractivity contribution is 0.175. The highest BCUT2D eigenvalue weighted by atomic mass is 32.2. The van der Waals surface area contributed by atoms with Crippen molar-refractivity contribution in [3.63, 3.8) is 0 Å². The first kappa shape index (κ1) is 12.3. The summed E-state index contributed by atoms with van der Waals surface area (Å²) in [7, 11) is 1.65. The van der Waals surface area contributed by atoms with E-state index in [4.69, 9.17) is 4.74 Å². The van der Waals surface area contributed by atoms with Gasteiger partial charge in [0.25, 0.3) is 0 Å². The number of methoxy groups -OCH3 is 1. The van der Waals surface area contributed by atoms with Gasteiger partial charge in [-0.3, -0.25) is 4.79 Å². The minimum Gasteiger partial charge on any atom is -0.366 e. The van der Waals surface area contributed by atoms with Crippen molar-refractivity contribution in [1.82, 2.24) is 0 Å². The van der Waals surface area contributed by atoms with Crippen LogP contribution in [0.2, 0.25) is 0 Å². The molecule has 1 atom stereocenters. The van der Waals surface area contributed by atoms with Gasteiger partial charge < -0.3 is 4.74 Å². The Morgan fingerprint density at radius 2 is 2.00 bits per heavy atom. The van der Waals surface area contributed by atoms with Crippen LogP contribution in [0.25, 0.3) is 0 Å². The predicted molar refractivity (Wildman–Crippen MR) is 63.7 cm³/mol. The Morgan fingerprint density at radius 1 is 1.33 bits per heavy atom. The highest BCUT2D eigenvalue weighted by Gasteiger charge is 2.16. The summed E-state index contributed by atoms with van der Waals surface area (Å²) in [5.74, 6) is 0. The molecule has 0 spiro atoms. The van der Waals surface area contributed by atoms with Crippen LogP contribution in [0.15, 0.2) is 24.3 Å². The van der Waals surface area contributed by atoms with E-state index in [9.17, 15) is 4.79 Å². The molecule has 15 heavy (non-hydrogen) atoms. The molecule has 1 unspecified atom stereocenters. The number of thioether (sulfide) groups is 1.